The van der Waals surface area contributed by atoms with Crippen molar-refractivity contribution in [3.63, 3.8) is 0 Å². The van der Waals surface area contributed by atoms with E-state index in [1.807, 2.05) is 30.3 Å². The molecule has 0 amide bonds. The zero-order valence-corrected chi connectivity index (χ0v) is 10.7. The molecule has 0 aromatic heterocycles. The Morgan fingerprint density at radius 1 is 1.16 bits per heavy atom. The summed E-state index contributed by atoms with van der Waals surface area (Å²) in [4.78, 5) is 11.6. The van der Waals surface area contributed by atoms with E-state index in [0.717, 1.165) is 16.7 Å². The molecule has 19 heavy (non-hydrogen) atoms. The van der Waals surface area contributed by atoms with Gasteiger partial charge in [0.25, 0.3) is 0 Å². The number of ether oxygens (including phenoxy) is 1. The summed E-state index contributed by atoms with van der Waals surface area (Å²) in [5.74, 6) is -0.436. The second-order valence-corrected chi connectivity index (χ2v) is 4.20. The third-order valence-electron chi connectivity index (χ3n) is 2.95. The summed E-state index contributed by atoms with van der Waals surface area (Å²) < 4.78 is 4.71. The Kier molecular flexibility index (Phi) is 3.82. The molecular formula is C15H16N2O2. The quantitative estimate of drug-likeness (QED) is 0.651. The normalized spacial score (nSPS) is 10.2. The summed E-state index contributed by atoms with van der Waals surface area (Å²) >= 11 is 0. The molecular weight excluding hydrogens is 240 g/mol. The Morgan fingerprint density at radius 3 is 2.58 bits per heavy atom. The maximum absolute atomic E-state index is 11.6. The van der Waals surface area contributed by atoms with Gasteiger partial charge in [-0.1, -0.05) is 24.3 Å². The fourth-order valence-electron chi connectivity index (χ4n) is 1.90. The lowest BCUT2D eigenvalue weighted by molar-refractivity contribution is 0.0602. The number of anilines is 1. The van der Waals surface area contributed by atoms with Crippen molar-refractivity contribution in [3.8, 4) is 11.1 Å². The van der Waals surface area contributed by atoms with Crippen LogP contribution in [0.15, 0.2) is 42.5 Å². The molecule has 0 atom stereocenters. The van der Waals surface area contributed by atoms with Crippen molar-refractivity contribution in [2.75, 3.05) is 12.8 Å². The number of hydrogen-bond donors (Lipinski definition) is 2. The zero-order chi connectivity index (χ0) is 13.8. The minimum absolute atomic E-state index is 0.373. The van der Waals surface area contributed by atoms with Crippen LogP contribution in [0.25, 0.3) is 11.1 Å². The Balaban J connectivity index is 2.48. The monoisotopic (exact) mass is 256 g/mol. The fraction of sp³-hybridized carbons (Fsp3) is 0.133. The molecule has 0 saturated carbocycles. The first kappa shape index (κ1) is 13.1. The van der Waals surface area contributed by atoms with Gasteiger partial charge in [-0.25, -0.2) is 4.79 Å². The van der Waals surface area contributed by atoms with Crippen LogP contribution in [0.1, 0.15) is 15.9 Å². The summed E-state index contributed by atoms with van der Waals surface area (Å²) in [5, 5.41) is 0. The molecule has 0 radical (unpaired) electrons. The summed E-state index contributed by atoms with van der Waals surface area (Å²) in [6.07, 6.45) is 0. The van der Waals surface area contributed by atoms with E-state index in [0.29, 0.717) is 17.8 Å². The van der Waals surface area contributed by atoms with E-state index < -0.39 is 5.97 Å². The molecule has 2 aromatic carbocycles. The van der Waals surface area contributed by atoms with Crippen molar-refractivity contribution in [3.05, 3.63) is 53.6 Å². The molecule has 2 rings (SSSR count). The molecule has 0 saturated heterocycles. The van der Waals surface area contributed by atoms with Crippen molar-refractivity contribution < 1.29 is 9.53 Å². The zero-order valence-electron chi connectivity index (χ0n) is 10.7. The highest BCUT2D eigenvalue weighted by molar-refractivity contribution is 5.96. The molecule has 98 valence electrons. The number of carbonyl (C=O) groups excluding carboxylic acids is 1. The number of methoxy groups -OCH3 is 1. The molecule has 0 unspecified atom stereocenters. The number of carbonyl (C=O) groups is 1. The van der Waals surface area contributed by atoms with Crippen LogP contribution in [0, 0.1) is 0 Å². The van der Waals surface area contributed by atoms with Crippen LogP contribution in [0.2, 0.25) is 0 Å². The van der Waals surface area contributed by atoms with Crippen LogP contribution >= 0.6 is 0 Å². The lowest BCUT2D eigenvalue weighted by Gasteiger charge is -2.08. The maximum Gasteiger partial charge on any atom is 0.339 e. The largest absolute Gasteiger partial charge is 0.465 e. The van der Waals surface area contributed by atoms with E-state index in [-0.39, 0.29) is 0 Å². The van der Waals surface area contributed by atoms with Crippen LogP contribution in [0.4, 0.5) is 5.69 Å². The van der Waals surface area contributed by atoms with E-state index in [9.17, 15) is 4.79 Å². The topological polar surface area (TPSA) is 78.3 Å². The molecule has 4 heteroatoms. The predicted octanol–water partition coefficient (Wildman–Crippen LogP) is 2.18. The molecule has 0 heterocycles. The van der Waals surface area contributed by atoms with Crippen molar-refractivity contribution in [2.24, 2.45) is 5.73 Å². The highest BCUT2D eigenvalue weighted by atomic mass is 16.5. The van der Waals surface area contributed by atoms with Gasteiger partial charge in [0.1, 0.15) is 0 Å². The summed E-state index contributed by atoms with van der Waals surface area (Å²) in [6, 6.07) is 13.2. The average molecular weight is 256 g/mol. The molecule has 0 aliphatic carbocycles. The predicted molar refractivity (Wildman–Crippen MR) is 75.5 cm³/mol. The van der Waals surface area contributed by atoms with Gasteiger partial charge in [-0.3, -0.25) is 0 Å². The Labute approximate surface area is 112 Å². The van der Waals surface area contributed by atoms with Gasteiger partial charge in [-0.05, 0) is 34.9 Å². The van der Waals surface area contributed by atoms with Gasteiger partial charge in [0, 0.05) is 12.2 Å². The molecule has 4 N–H and O–H groups in total. The van der Waals surface area contributed by atoms with Crippen LogP contribution in [0.5, 0.6) is 0 Å². The summed E-state index contributed by atoms with van der Waals surface area (Å²) in [5.41, 5.74) is 15.1. The Bertz CT molecular complexity index is 609. The van der Waals surface area contributed by atoms with Gasteiger partial charge in [0.15, 0.2) is 0 Å². The molecule has 0 spiro atoms. The highest BCUT2D eigenvalue weighted by Crippen LogP contribution is 2.25. The third-order valence-corrected chi connectivity index (χ3v) is 2.95. The Morgan fingerprint density at radius 2 is 1.89 bits per heavy atom. The summed E-state index contributed by atoms with van der Waals surface area (Å²) in [6.45, 7) is 0.479. The minimum Gasteiger partial charge on any atom is -0.465 e. The van der Waals surface area contributed by atoms with Crippen molar-refractivity contribution in [1.29, 1.82) is 0 Å². The number of benzene rings is 2. The van der Waals surface area contributed by atoms with Gasteiger partial charge < -0.3 is 16.2 Å². The van der Waals surface area contributed by atoms with Gasteiger partial charge in [0.2, 0.25) is 0 Å². The number of nitrogens with two attached hydrogens (primary N) is 2. The average Bonchev–Trinajstić information content (AvgIpc) is 2.47. The van der Waals surface area contributed by atoms with Gasteiger partial charge in [-0.15, -0.1) is 0 Å². The maximum atomic E-state index is 11.6. The van der Waals surface area contributed by atoms with Crippen molar-refractivity contribution in [1.82, 2.24) is 0 Å². The first-order valence-corrected chi connectivity index (χ1v) is 5.93. The van der Waals surface area contributed by atoms with Crippen molar-refractivity contribution in [2.45, 2.75) is 6.54 Å². The number of rotatable bonds is 3. The van der Waals surface area contributed by atoms with Crippen LogP contribution in [-0.4, -0.2) is 13.1 Å². The van der Waals surface area contributed by atoms with Crippen LogP contribution < -0.4 is 11.5 Å². The first-order chi connectivity index (χ1) is 9.15. The second kappa shape index (κ2) is 5.54. The molecule has 0 aliphatic rings. The second-order valence-electron chi connectivity index (χ2n) is 4.20. The smallest absolute Gasteiger partial charge is 0.339 e. The van der Waals surface area contributed by atoms with Gasteiger partial charge in [0.05, 0.1) is 12.7 Å². The molecule has 0 aliphatic heterocycles. The van der Waals surface area contributed by atoms with E-state index in [4.69, 9.17) is 16.2 Å². The fourth-order valence-corrected chi connectivity index (χ4v) is 1.90. The summed E-state index contributed by atoms with van der Waals surface area (Å²) in [7, 11) is 1.34. The van der Waals surface area contributed by atoms with E-state index in [2.05, 4.69) is 0 Å². The lowest BCUT2D eigenvalue weighted by atomic mass is 10.00. The number of hydrogen-bond acceptors (Lipinski definition) is 4. The Hall–Kier alpha value is -2.33. The van der Waals surface area contributed by atoms with E-state index in [1.54, 1.807) is 12.1 Å². The SMILES string of the molecule is COC(=O)c1cc(-c2cccc(CN)c2)ccc1N. The highest BCUT2D eigenvalue weighted by Gasteiger charge is 2.11. The first-order valence-electron chi connectivity index (χ1n) is 5.93. The molecule has 2 aromatic rings. The minimum atomic E-state index is -0.436. The van der Waals surface area contributed by atoms with E-state index >= 15 is 0 Å². The van der Waals surface area contributed by atoms with Gasteiger partial charge in [-0.2, -0.15) is 0 Å². The van der Waals surface area contributed by atoms with E-state index in [1.165, 1.54) is 7.11 Å². The lowest BCUT2D eigenvalue weighted by Crippen LogP contribution is -2.05. The molecule has 4 nitrogen and oxygen atoms in total. The van der Waals surface area contributed by atoms with Crippen LogP contribution in [0.3, 0.4) is 0 Å². The van der Waals surface area contributed by atoms with Gasteiger partial charge >= 0.3 is 5.97 Å². The standard InChI is InChI=1S/C15H16N2O2/c1-19-15(18)13-8-12(5-6-14(13)17)11-4-2-3-10(7-11)9-16/h2-8H,9,16-17H2,1H3. The molecule has 0 bridgehead atoms. The van der Waals surface area contributed by atoms with Crippen LogP contribution in [-0.2, 0) is 11.3 Å². The number of esters is 1. The molecule has 0 fully saturated rings. The third kappa shape index (κ3) is 2.74. The van der Waals surface area contributed by atoms with Crippen molar-refractivity contribution >= 4 is 11.7 Å². The number of nitrogen functional groups attached to an aromatic ring is 1.